The maximum atomic E-state index is 12.6. The molecule has 0 spiro atoms. The van der Waals surface area contributed by atoms with Gasteiger partial charge in [0, 0.05) is 37.9 Å². The van der Waals surface area contributed by atoms with Crippen molar-refractivity contribution in [1.29, 1.82) is 0 Å². The number of rotatable bonds is 3. The fourth-order valence-corrected chi connectivity index (χ4v) is 3.21. The number of hydrogen-bond donors (Lipinski definition) is 0. The summed E-state index contributed by atoms with van der Waals surface area (Å²) in [4.78, 5) is 32.7. The Balaban J connectivity index is 1.43. The molecule has 1 fully saturated rings. The van der Waals surface area contributed by atoms with Crippen LogP contribution in [-0.2, 0) is 23.1 Å². The third-order valence-corrected chi connectivity index (χ3v) is 4.58. The van der Waals surface area contributed by atoms with Crippen LogP contribution >= 0.6 is 0 Å². The Labute approximate surface area is 150 Å². The molecule has 2 amide bonds. The molecule has 0 bridgehead atoms. The molecule has 7 nitrogen and oxygen atoms in total. The van der Waals surface area contributed by atoms with Crippen LogP contribution in [0, 0.1) is 0 Å². The number of nitrogens with zero attached hydrogens (tertiary/aromatic N) is 5. The first-order valence-corrected chi connectivity index (χ1v) is 8.50. The minimum absolute atomic E-state index is 0.0544. The van der Waals surface area contributed by atoms with Gasteiger partial charge in [-0.05, 0) is 17.7 Å². The Morgan fingerprint density at radius 1 is 1.19 bits per heavy atom. The third kappa shape index (κ3) is 3.15. The summed E-state index contributed by atoms with van der Waals surface area (Å²) in [5.41, 5.74) is 2.53. The number of benzene rings is 1. The molecule has 2 aromatic heterocycles. The minimum atomic E-state index is -0.0887. The summed E-state index contributed by atoms with van der Waals surface area (Å²) in [7, 11) is 1.81. The highest BCUT2D eigenvalue weighted by Crippen LogP contribution is 2.17. The van der Waals surface area contributed by atoms with Gasteiger partial charge in [-0.2, -0.15) is 5.10 Å². The normalized spacial score (nSPS) is 14.9. The number of carbonyl (C=O) groups is 2. The smallest absolute Gasteiger partial charge is 0.246 e. The van der Waals surface area contributed by atoms with Gasteiger partial charge >= 0.3 is 0 Å². The number of para-hydroxylation sites is 1. The first-order valence-electron chi connectivity index (χ1n) is 8.50. The number of piperazine rings is 1. The van der Waals surface area contributed by atoms with Crippen LogP contribution < -0.4 is 4.90 Å². The Morgan fingerprint density at radius 3 is 2.81 bits per heavy atom. The van der Waals surface area contributed by atoms with Crippen molar-refractivity contribution in [3.63, 3.8) is 0 Å². The van der Waals surface area contributed by atoms with Gasteiger partial charge in [0.1, 0.15) is 6.54 Å². The lowest BCUT2D eigenvalue weighted by atomic mass is 10.1. The zero-order valence-corrected chi connectivity index (χ0v) is 14.5. The van der Waals surface area contributed by atoms with Crippen molar-refractivity contribution in [2.24, 2.45) is 7.05 Å². The summed E-state index contributed by atoms with van der Waals surface area (Å²) in [6.07, 6.45) is 5.44. The monoisotopic (exact) mass is 349 g/mol. The van der Waals surface area contributed by atoms with Crippen LogP contribution in [0.5, 0.6) is 0 Å². The van der Waals surface area contributed by atoms with Crippen LogP contribution in [0.15, 0.2) is 48.9 Å². The second-order valence-electron chi connectivity index (χ2n) is 6.45. The van der Waals surface area contributed by atoms with E-state index in [4.69, 9.17) is 0 Å². The molecular formula is C19H19N5O2. The van der Waals surface area contributed by atoms with E-state index in [0.717, 1.165) is 22.2 Å². The van der Waals surface area contributed by atoms with Gasteiger partial charge in [0.15, 0.2) is 0 Å². The standard InChI is InChI=1S/C19H19N5O2/c1-22-12-16(11-21-22)24-7-6-23(13-19(24)26)18(25)9-14-8-15-4-2-3-5-17(15)20-10-14/h2-5,8,10-12H,6-7,9,13H2,1H3. The van der Waals surface area contributed by atoms with Gasteiger partial charge in [-0.15, -0.1) is 0 Å². The quantitative estimate of drug-likeness (QED) is 0.716. The first-order chi connectivity index (χ1) is 12.6. The summed E-state index contributed by atoms with van der Waals surface area (Å²) >= 11 is 0. The van der Waals surface area contributed by atoms with Crippen molar-refractivity contribution < 1.29 is 9.59 Å². The fourth-order valence-electron chi connectivity index (χ4n) is 3.21. The van der Waals surface area contributed by atoms with Gasteiger partial charge < -0.3 is 9.80 Å². The van der Waals surface area contributed by atoms with E-state index in [1.54, 1.807) is 33.1 Å². The molecule has 3 aromatic rings. The zero-order chi connectivity index (χ0) is 18.1. The SMILES string of the molecule is Cn1cc(N2CCN(C(=O)Cc3cnc4ccccc4c3)CC2=O)cn1. The summed E-state index contributed by atoms with van der Waals surface area (Å²) in [5, 5.41) is 5.11. The molecule has 1 aliphatic heterocycles. The average Bonchev–Trinajstić information content (AvgIpc) is 3.07. The van der Waals surface area contributed by atoms with Gasteiger partial charge in [0.05, 0.1) is 23.8 Å². The molecule has 0 saturated carbocycles. The maximum Gasteiger partial charge on any atom is 0.246 e. The zero-order valence-electron chi connectivity index (χ0n) is 14.5. The fraction of sp³-hybridized carbons (Fsp3) is 0.263. The number of carbonyl (C=O) groups excluding carboxylic acids is 2. The van der Waals surface area contributed by atoms with E-state index in [0.29, 0.717) is 13.1 Å². The van der Waals surface area contributed by atoms with E-state index in [1.807, 2.05) is 37.4 Å². The van der Waals surface area contributed by atoms with E-state index in [1.165, 1.54) is 0 Å². The largest absolute Gasteiger partial charge is 0.331 e. The average molecular weight is 349 g/mol. The second-order valence-corrected chi connectivity index (χ2v) is 6.45. The van der Waals surface area contributed by atoms with Crippen molar-refractivity contribution in [3.05, 3.63) is 54.5 Å². The van der Waals surface area contributed by atoms with E-state index in [9.17, 15) is 9.59 Å². The molecule has 0 atom stereocenters. The highest BCUT2D eigenvalue weighted by atomic mass is 16.2. The van der Waals surface area contributed by atoms with Crippen molar-refractivity contribution in [2.75, 3.05) is 24.5 Å². The van der Waals surface area contributed by atoms with Gasteiger partial charge in [0.25, 0.3) is 0 Å². The topological polar surface area (TPSA) is 71.3 Å². The molecule has 1 aliphatic rings. The lowest BCUT2D eigenvalue weighted by molar-refractivity contribution is -0.136. The summed E-state index contributed by atoms with van der Waals surface area (Å²) in [5.74, 6) is -0.143. The molecule has 1 aromatic carbocycles. The molecule has 132 valence electrons. The number of aryl methyl sites for hydroxylation is 1. The lowest BCUT2D eigenvalue weighted by Gasteiger charge is -2.33. The van der Waals surface area contributed by atoms with Gasteiger partial charge in [0.2, 0.25) is 11.8 Å². The Hall–Kier alpha value is -3.22. The summed E-state index contributed by atoms with van der Waals surface area (Å²) < 4.78 is 1.66. The second kappa shape index (κ2) is 6.59. The van der Waals surface area contributed by atoms with Crippen molar-refractivity contribution in [2.45, 2.75) is 6.42 Å². The summed E-state index contributed by atoms with van der Waals surface area (Å²) in [6, 6.07) is 9.79. The first kappa shape index (κ1) is 16.3. The highest BCUT2D eigenvalue weighted by molar-refractivity contribution is 5.98. The van der Waals surface area contributed by atoms with E-state index >= 15 is 0 Å². The van der Waals surface area contributed by atoms with Crippen LogP contribution in [-0.4, -0.2) is 51.1 Å². The van der Waals surface area contributed by atoms with E-state index in [-0.39, 0.29) is 24.8 Å². The minimum Gasteiger partial charge on any atom is -0.331 e. The number of pyridine rings is 1. The van der Waals surface area contributed by atoms with Crippen molar-refractivity contribution >= 4 is 28.4 Å². The van der Waals surface area contributed by atoms with Gasteiger partial charge in [-0.1, -0.05) is 18.2 Å². The molecule has 4 rings (SSSR count). The highest BCUT2D eigenvalue weighted by Gasteiger charge is 2.28. The number of anilines is 1. The number of aromatic nitrogens is 3. The van der Waals surface area contributed by atoms with Gasteiger partial charge in [-0.3, -0.25) is 19.3 Å². The predicted octanol–water partition coefficient (Wildman–Crippen LogP) is 1.39. The van der Waals surface area contributed by atoms with E-state index in [2.05, 4.69) is 10.1 Å². The van der Waals surface area contributed by atoms with Crippen LogP contribution in [0.3, 0.4) is 0 Å². The number of hydrogen-bond acceptors (Lipinski definition) is 4. The molecule has 3 heterocycles. The molecule has 26 heavy (non-hydrogen) atoms. The molecular weight excluding hydrogens is 330 g/mol. The van der Waals surface area contributed by atoms with Gasteiger partial charge in [-0.25, -0.2) is 0 Å². The van der Waals surface area contributed by atoms with Crippen LogP contribution in [0.2, 0.25) is 0 Å². The Morgan fingerprint density at radius 2 is 2.04 bits per heavy atom. The predicted molar refractivity (Wildman–Crippen MR) is 97.6 cm³/mol. The van der Waals surface area contributed by atoms with Crippen LogP contribution in [0.1, 0.15) is 5.56 Å². The number of fused-ring (bicyclic) bond motifs is 1. The molecule has 0 unspecified atom stereocenters. The molecule has 1 saturated heterocycles. The van der Waals surface area contributed by atoms with Crippen LogP contribution in [0.25, 0.3) is 10.9 Å². The molecule has 7 heteroatoms. The number of amides is 2. The van der Waals surface area contributed by atoms with Crippen molar-refractivity contribution in [3.8, 4) is 0 Å². The Bertz CT molecular complexity index is 981. The molecule has 0 radical (unpaired) electrons. The van der Waals surface area contributed by atoms with Crippen LogP contribution in [0.4, 0.5) is 5.69 Å². The lowest BCUT2D eigenvalue weighted by Crippen LogP contribution is -2.52. The van der Waals surface area contributed by atoms with Crippen molar-refractivity contribution in [1.82, 2.24) is 19.7 Å². The maximum absolute atomic E-state index is 12.6. The summed E-state index contributed by atoms with van der Waals surface area (Å²) in [6.45, 7) is 1.08. The molecule has 0 N–H and O–H groups in total. The molecule has 0 aliphatic carbocycles. The van der Waals surface area contributed by atoms with E-state index < -0.39 is 0 Å². The Kier molecular flexibility index (Phi) is 4.12. The third-order valence-electron chi connectivity index (χ3n) is 4.58.